The van der Waals surface area contributed by atoms with Crippen molar-refractivity contribution in [1.82, 2.24) is 0 Å². The van der Waals surface area contributed by atoms with Crippen LogP contribution in [-0.2, 0) is 0 Å². The molecule has 0 saturated heterocycles. The molecule has 0 bridgehead atoms. The van der Waals surface area contributed by atoms with Gasteiger partial charge in [-0.05, 0) is 36.4 Å². The van der Waals surface area contributed by atoms with Crippen LogP contribution in [0.1, 0.15) is 31.1 Å². The molecule has 3 N–H and O–H groups in total. The summed E-state index contributed by atoms with van der Waals surface area (Å²) in [6.45, 7) is -3.08. The van der Waals surface area contributed by atoms with E-state index in [0.717, 1.165) is 30.3 Å². The van der Waals surface area contributed by atoms with Gasteiger partial charge in [0.15, 0.2) is 11.5 Å². The van der Waals surface area contributed by atoms with E-state index in [0.29, 0.717) is 0 Å². The highest BCUT2D eigenvalue weighted by Gasteiger charge is 2.16. The Kier molecular flexibility index (Phi) is 5.91. The van der Waals surface area contributed by atoms with E-state index in [2.05, 4.69) is 10.1 Å². The van der Waals surface area contributed by atoms with Crippen molar-refractivity contribution in [2.45, 2.75) is 6.61 Å². The number of benzene rings is 2. The minimum atomic E-state index is -3.08. The average molecular weight is 381 g/mol. The number of carboxylic acids is 2. The molecule has 0 spiro atoms. The monoisotopic (exact) mass is 381 g/mol. The number of halogens is 2. The molecule has 2 rings (SSSR count). The molecule has 0 radical (unpaired) electrons. The first kappa shape index (κ1) is 19.6. The number of anilines is 1. The third-order valence-electron chi connectivity index (χ3n) is 3.33. The van der Waals surface area contributed by atoms with Crippen LogP contribution in [0, 0.1) is 0 Å². The number of hydrogen-bond acceptors (Lipinski definition) is 5. The zero-order valence-corrected chi connectivity index (χ0v) is 13.7. The first-order valence-electron chi connectivity index (χ1n) is 7.27. The molecule has 0 aliphatic carbocycles. The number of aromatic carboxylic acids is 2. The first-order valence-corrected chi connectivity index (χ1v) is 7.27. The summed E-state index contributed by atoms with van der Waals surface area (Å²) in [6.07, 6.45) is 0. The largest absolute Gasteiger partial charge is 0.493 e. The van der Waals surface area contributed by atoms with Gasteiger partial charge in [-0.3, -0.25) is 4.79 Å². The second-order valence-corrected chi connectivity index (χ2v) is 5.11. The fourth-order valence-electron chi connectivity index (χ4n) is 2.15. The number of methoxy groups -OCH3 is 1. The number of carbonyl (C=O) groups excluding carboxylic acids is 1. The molecule has 0 aromatic heterocycles. The van der Waals surface area contributed by atoms with Crippen LogP contribution in [0.15, 0.2) is 36.4 Å². The minimum absolute atomic E-state index is 0.00827. The van der Waals surface area contributed by atoms with E-state index in [-0.39, 0.29) is 33.9 Å². The summed E-state index contributed by atoms with van der Waals surface area (Å²) in [4.78, 5) is 34.5. The summed E-state index contributed by atoms with van der Waals surface area (Å²) in [5.74, 6) is -3.87. The van der Waals surface area contributed by atoms with Gasteiger partial charge >= 0.3 is 18.6 Å². The first-order chi connectivity index (χ1) is 12.7. The van der Waals surface area contributed by atoms with E-state index >= 15 is 0 Å². The summed E-state index contributed by atoms with van der Waals surface area (Å²) in [5, 5.41) is 20.4. The van der Waals surface area contributed by atoms with Crippen LogP contribution in [0.5, 0.6) is 11.5 Å². The molecule has 1 amide bonds. The van der Waals surface area contributed by atoms with Gasteiger partial charge in [0, 0.05) is 11.3 Å². The van der Waals surface area contributed by atoms with E-state index < -0.39 is 24.5 Å². The summed E-state index contributed by atoms with van der Waals surface area (Å²) < 4.78 is 33.8. The van der Waals surface area contributed by atoms with Crippen molar-refractivity contribution in [3.63, 3.8) is 0 Å². The number of ether oxygens (including phenoxy) is 2. The number of alkyl halides is 2. The van der Waals surface area contributed by atoms with Gasteiger partial charge in [-0.2, -0.15) is 8.78 Å². The van der Waals surface area contributed by atoms with Gasteiger partial charge in [-0.15, -0.1) is 0 Å². The van der Waals surface area contributed by atoms with Crippen molar-refractivity contribution >= 4 is 23.5 Å². The molecule has 0 aliphatic heterocycles. The van der Waals surface area contributed by atoms with Crippen LogP contribution in [-0.4, -0.2) is 41.8 Å². The van der Waals surface area contributed by atoms with Crippen LogP contribution < -0.4 is 14.8 Å². The Labute approximate surface area is 150 Å². The standard InChI is InChI=1S/C17H13F2NO7/c1-26-13-7-8(2-3-12(13)27-17(18)19)14(21)20-11-5-9(15(22)23)4-10(6-11)16(24)25/h2-7,17H,1H3,(H,20,21)(H,22,23)(H,24,25). The lowest BCUT2D eigenvalue weighted by molar-refractivity contribution is -0.0512. The van der Waals surface area contributed by atoms with Gasteiger partial charge in [0.25, 0.3) is 5.91 Å². The Hall–Kier alpha value is -3.69. The number of amides is 1. The van der Waals surface area contributed by atoms with E-state index in [1.165, 1.54) is 13.2 Å². The third-order valence-corrected chi connectivity index (χ3v) is 3.33. The normalized spacial score (nSPS) is 10.4. The topological polar surface area (TPSA) is 122 Å². The van der Waals surface area contributed by atoms with Crippen molar-refractivity contribution < 1.29 is 42.9 Å². The molecule has 0 unspecified atom stereocenters. The Balaban J connectivity index is 2.31. The predicted octanol–water partition coefficient (Wildman–Crippen LogP) is 2.95. The summed E-state index contributed by atoms with van der Waals surface area (Å²) in [7, 11) is 1.20. The zero-order chi connectivity index (χ0) is 20.1. The van der Waals surface area contributed by atoms with Crippen molar-refractivity contribution in [3.05, 3.63) is 53.1 Å². The Morgan fingerprint density at radius 1 is 0.926 bits per heavy atom. The van der Waals surface area contributed by atoms with Crippen LogP contribution in [0.3, 0.4) is 0 Å². The molecule has 10 heteroatoms. The van der Waals surface area contributed by atoms with Gasteiger partial charge in [-0.25, -0.2) is 9.59 Å². The predicted molar refractivity (Wildman–Crippen MR) is 87.9 cm³/mol. The Bertz CT molecular complexity index is 867. The van der Waals surface area contributed by atoms with Gasteiger partial charge < -0.3 is 25.0 Å². The van der Waals surface area contributed by atoms with Crippen molar-refractivity contribution in [1.29, 1.82) is 0 Å². The lowest BCUT2D eigenvalue weighted by Gasteiger charge is -2.12. The Morgan fingerprint density at radius 3 is 2.00 bits per heavy atom. The summed E-state index contributed by atoms with van der Waals surface area (Å²) >= 11 is 0. The maximum atomic E-state index is 12.3. The van der Waals surface area contributed by atoms with Gasteiger partial charge in [0.1, 0.15) is 0 Å². The fraction of sp³-hybridized carbons (Fsp3) is 0.118. The average Bonchev–Trinajstić information content (AvgIpc) is 2.61. The molecule has 0 aliphatic rings. The smallest absolute Gasteiger partial charge is 0.387 e. The third kappa shape index (κ3) is 4.91. The molecule has 142 valence electrons. The maximum absolute atomic E-state index is 12.3. The van der Waals surface area contributed by atoms with Crippen LogP contribution in [0.4, 0.5) is 14.5 Å². The molecule has 0 fully saturated rings. The van der Waals surface area contributed by atoms with Crippen molar-refractivity contribution in [2.75, 3.05) is 12.4 Å². The SMILES string of the molecule is COc1cc(C(=O)Nc2cc(C(=O)O)cc(C(=O)O)c2)ccc1OC(F)F. The van der Waals surface area contributed by atoms with E-state index in [1.54, 1.807) is 0 Å². The molecular weight excluding hydrogens is 368 g/mol. The van der Waals surface area contributed by atoms with Crippen LogP contribution in [0.2, 0.25) is 0 Å². The van der Waals surface area contributed by atoms with Gasteiger partial charge in [0.05, 0.1) is 18.2 Å². The Morgan fingerprint density at radius 2 is 1.52 bits per heavy atom. The van der Waals surface area contributed by atoms with Crippen LogP contribution in [0.25, 0.3) is 0 Å². The quantitative estimate of drug-likeness (QED) is 0.674. The number of hydrogen-bond donors (Lipinski definition) is 3. The maximum Gasteiger partial charge on any atom is 0.387 e. The molecule has 27 heavy (non-hydrogen) atoms. The van der Waals surface area contributed by atoms with Gasteiger partial charge in [-0.1, -0.05) is 0 Å². The molecular formula is C17H13F2NO7. The molecule has 2 aromatic rings. The summed E-state index contributed by atoms with van der Waals surface area (Å²) in [6, 6.07) is 6.55. The minimum Gasteiger partial charge on any atom is -0.493 e. The number of carboxylic acid groups (broad SMARTS) is 2. The molecule has 8 nitrogen and oxygen atoms in total. The molecule has 0 saturated carbocycles. The molecule has 0 atom stereocenters. The zero-order valence-electron chi connectivity index (χ0n) is 13.7. The van der Waals surface area contributed by atoms with E-state index in [4.69, 9.17) is 14.9 Å². The van der Waals surface area contributed by atoms with Gasteiger partial charge in [0.2, 0.25) is 0 Å². The highest BCUT2D eigenvalue weighted by Crippen LogP contribution is 2.29. The van der Waals surface area contributed by atoms with Crippen LogP contribution >= 0.6 is 0 Å². The van der Waals surface area contributed by atoms with Crippen molar-refractivity contribution in [3.8, 4) is 11.5 Å². The highest BCUT2D eigenvalue weighted by atomic mass is 19.3. The van der Waals surface area contributed by atoms with Crippen molar-refractivity contribution in [2.24, 2.45) is 0 Å². The molecule has 2 aromatic carbocycles. The van der Waals surface area contributed by atoms with E-state index in [1.807, 2.05) is 0 Å². The number of rotatable bonds is 7. The second-order valence-electron chi connectivity index (χ2n) is 5.11. The lowest BCUT2D eigenvalue weighted by atomic mass is 10.1. The molecule has 0 heterocycles. The lowest BCUT2D eigenvalue weighted by Crippen LogP contribution is -2.14. The summed E-state index contributed by atoms with van der Waals surface area (Å²) in [5.41, 5.74) is -0.734. The number of nitrogens with one attached hydrogen (secondary N) is 1. The second kappa shape index (κ2) is 8.13. The van der Waals surface area contributed by atoms with E-state index in [9.17, 15) is 23.2 Å². The fourth-order valence-corrected chi connectivity index (χ4v) is 2.15. The number of carbonyl (C=O) groups is 3. The highest BCUT2D eigenvalue weighted by molar-refractivity contribution is 6.06.